The predicted molar refractivity (Wildman–Crippen MR) is 76.8 cm³/mol. The van der Waals surface area contributed by atoms with E-state index in [0.29, 0.717) is 12.0 Å². The zero-order valence-corrected chi connectivity index (χ0v) is 11.6. The van der Waals surface area contributed by atoms with Crippen LogP contribution in [0.5, 0.6) is 0 Å². The fraction of sp³-hybridized carbons (Fsp3) is 0.600. The topological polar surface area (TPSA) is 24.1 Å². The van der Waals surface area contributed by atoms with Gasteiger partial charge in [0.2, 0.25) is 0 Å². The minimum atomic E-state index is 0.571. The Labute approximate surface area is 106 Å². The van der Waals surface area contributed by atoms with Crippen molar-refractivity contribution < 1.29 is 0 Å². The van der Waals surface area contributed by atoms with Gasteiger partial charge in [-0.25, -0.2) is 0 Å². The Morgan fingerprint density at radius 1 is 1.06 bits per heavy atom. The second-order valence-electron chi connectivity index (χ2n) is 4.93. The second-order valence-corrected chi connectivity index (χ2v) is 4.93. The number of benzene rings is 1. The van der Waals surface area contributed by atoms with Gasteiger partial charge in [-0.3, -0.25) is 0 Å². The van der Waals surface area contributed by atoms with Gasteiger partial charge in [0, 0.05) is 24.8 Å². The van der Waals surface area contributed by atoms with Gasteiger partial charge >= 0.3 is 0 Å². The third-order valence-corrected chi connectivity index (χ3v) is 3.13. The van der Waals surface area contributed by atoms with Crippen LogP contribution >= 0.6 is 0 Å². The van der Waals surface area contributed by atoms with E-state index >= 15 is 0 Å². The van der Waals surface area contributed by atoms with Gasteiger partial charge in [-0.15, -0.1) is 0 Å². The van der Waals surface area contributed by atoms with Crippen molar-refractivity contribution in [2.24, 2.45) is 0 Å². The summed E-state index contributed by atoms with van der Waals surface area (Å²) in [6, 6.07) is 9.18. The average molecular weight is 234 g/mol. The number of anilines is 1. The standard InChI is InChI=1S/C15H26N2/c1-5-13(4)16-10-11-17-15-9-7-6-8-14(15)12(2)3/h6-9,12-13,16-17H,5,10-11H2,1-4H3. The monoisotopic (exact) mass is 234 g/mol. The van der Waals surface area contributed by atoms with E-state index in [0.717, 1.165) is 13.1 Å². The minimum Gasteiger partial charge on any atom is -0.384 e. The largest absolute Gasteiger partial charge is 0.384 e. The molecule has 1 atom stereocenters. The van der Waals surface area contributed by atoms with E-state index in [1.54, 1.807) is 0 Å². The van der Waals surface area contributed by atoms with Crippen LogP contribution in [0.3, 0.4) is 0 Å². The zero-order valence-electron chi connectivity index (χ0n) is 11.6. The van der Waals surface area contributed by atoms with Gasteiger partial charge in [0.15, 0.2) is 0 Å². The fourth-order valence-electron chi connectivity index (χ4n) is 1.82. The highest BCUT2D eigenvalue weighted by atomic mass is 15.0. The van der Waals surface area contributed by atoms with Crippen LogP contribution in [0.15, 0.2) is 24.3 Å². The molecule has 0 fully saturated rings. The Bertz CT molecular complexity index is 320. The Balaban J connectivity index is 2.41. The third kappa shape index (κ3) is 4.78. The molecule has 0 aliphatic carbocycles. The molecule has 0 saturated heterocycles. The quantitative estimate of drug-likeness (QED) is 0.704. The first-order valence-corrected chi connectivity index (χ1v) is 6.71. The highest BCUT2D eigenvalue weighted by molar-refractivity contribution is 5.52. The summed E-state index contributed by atoms with van der Waals surface area (Å²) < 4.78 is 0. The van der Waals surface area contributed by atoms with Gasteiger partial charge in [-0.05, 0) is 30.9 Å². The van der Waals surface area contributed by atoms with E-state index in [-0.39, 0.29) is 0 Å². The van der Waals surface area contributed by atoms with Crippen LogP contribution in [0.1, 0.15) is 45.6 Å². The number of rotatable bonds is 7. The molecule has 0 amide bonds. The van der Waals surface area contributed by atoms with Crippen molar-refractivity contribution in [2.75, 3.05) is 18.4 Å². The highest BCUT2D eigenvalue weighted by Crippen LogP contribution is 2.23. The van der Waals surface area contributed by atoms with Gasteiger partial charge in [0.25, 0.3) is 0 Å². The molecule has 1 aromatic carbocycles. The maximum atomic E-state index is 3.51. The van der Waals surface area contributed by atoms with Crippen LogP contribution in [0, 0.1) is 0 Å². The number of para-hydroxylation sites is 1. The zero-order chi connectivity index (χ0) is 12.7. The normalized spacial score (nSPS) is 12.8. The molecule has 0 spiro atoms. The molecule has 0 heterocycles. The molecule has 0 aliphatic heterocycles. The van der Waals surface area contributed by atoms with E-state index in [1.807, 2.05) is 0 Å². The van der Waals surface area contributed by atoms with E-state index in [2.05, 4.69) is 62.6 Å². The summed E-state index contributed by atoms with van der Waals surface area (Å²) in [5.41, 5.74) is 2.67. The lowest BCUT2D eigenvalue weighted by Gasteiger charge is -2.16. The molecule has 1 rings (SSSR count). The number of nitrogens with one attached hydrogen (secondary N) is 2. The van der Waals surface area contributed by atoms with Gasteiger partial charge in [0.1, 0.15) is 0 Å². The lowest BCUT2D eigenvalue weighted by atomic mass is 10.0. The van der Waals surface area contributed by atoms with Crippen LogP contribution < -0.4 is 10.6 Å². The first kappa shape index (κ1) is 14.0. The lowest BCUT2D eigenvalue weighted by molar-refractivity contribution is 0.546. The molecule has 0 bridgehead atoms. The van der Waals surface area contributed by atoms with Crippen molar-refractivity contribution in [1.82, 2.24) is 5.32 Å². The summed E-state index contributed by atoms with van der Waals surface area (Å²) in [5.74, 6) is 0.571. The summed E-state index contributed by atoms with van der Waals surface area (Å²) in [4.78, 5) is 0. The molecule has 2 nitrogen and oxygen atoms in total. The molecular weight excluding hydrogens is 208 g/mol. The van der Waals surface area contributed by atoms with Gasteiger partial charge in [0.05, 0.1) is 0 Å². The fourth-order valence-corrected chi connectivity index (χ4v) is 1.82. The average Bonchev–Trinajstić information content (AvgIpc) is 2.34. The van der Waals surface area contributed by atoms with Crippen molar-refractivity contribution >= 4 is 5.69 Å². The minimum absolute atomic E-state index is 0.571. The summed E-state index contributed by atoms with van der Waals surface area (Å²) in [6.45, 7) is 10.9. The summed E-state index contributed by atoms with van der Waals surface area (Å²) in [7, 11) is 0. The van der Waals surface area contributed by atoms with E-state index in [1.165, 1.54) is 17.7 Å². The molecule has 0 radical (unpaired) electrons. The molecule has 17 heavy (non-hydrogen) atoms. The van der Waals surface area contributed by atoms with E-state index in [9.17, 15) is 0 Å². The van der Waals surface area contributed by atoms with E-state index < -0.39 is 0 Å². The highest BCUT2D eigenvalue weighted by Gasteiger charge is 2.04. The first-order chi connectivity index (χ1) is 8.15. The Morgan fingerprint density at radius 3 is 2.41 bits per heavy atom. The maximum Gasteiger partial charge on any atom is 0.0375 e. The van der Waals surface area contributed by atoms with Crippen molar-refractivity contribution in [3.8, 4) is 0 Å². The van der Waals surface area contributed by atoms with Crippen molar-refractivity contribution in [1.29, 1.82) is 0 Å². The van der Waals surface area contributed by atoms with Crippen molar-refractivity contribution in [3.63, 3.8) is 0 Å². The molecular formula is C15H26N2. The van der Waals surface area contributed by atoms with Gasteiger partial charge < -0.3 is 10.6 Å². The molecule has 0 saturated carbocycles. The Morgan fingerprint density at radius 2 is 1.76 bits per heavy atom. The predicted octanol–water partition coefficient (Wildman–Crippen LogP) is 3.61. The first-order valence-electron chi connectivity index (χ1n) is 6.71. The SMILES string of the molecule is CCC(C)NCCNc1ccccc1C(C)C. The molecule has 0 aliphatic rings. The Hall–Kier alpha value is -1.02. The van der Waals surface area contributed by atoms with Crippen LogP contribution in [0.4, 0.5) is 5.69 Å². The van der Waals surface area contributed by atoms with E-state index in [4.69, 9.17) is 0 Å². The summed E-state index contributed by atoms with van der Waals surface area (Å²) in [6.07, 6.45) is 1.18. The second kappa shape index (κ2) is 7.33. The molecule has 0 aromatic heterocycles. The maximum absolute atomic E-state index is 3.51. The summed E-state index contributed by atoms with van der Waals surface area (Å²) in [5, 5.41) is 7.00. The lowest BCUT2D eigenvalue weighted by Crippen LogP contribution is -2.30. The van der Waals surface area contributed by atoms with Crippen LogP contribution in [-0.4, -0.2) is 19.1 Å². The summed E-state index contributed by atoms with van der Waals surface area (Å²) >= 11 is 0. The molecule has 96 valence electrons. The van der Waals surface area contributed by atoms with Gasteiger partial charge in [-0.1, -0.05) is 39.0 Å². The van der Waals surface area contributed by atoms with Crippen molar-refractivity contribution in [3.05, 3.63) is 29.8 Å². The van der Waals surface area contributed by atoms with Crippen molar-refractivity contribution in [2.45, 2.75) is 46.1 Å². The third-order valence-electron chi connectivity index (χ3n) is 3.13. The van der Waals surface area contributed by atoms with Gasteiger partial charge in [-0.2, -0.15) is 0 Å². The van der Waals surface area contributed by atoms with Crippen LogP contribution in [0.25, 0.3) is 0 Å². The molecule has 2 N–H and O–H groups in total. The number of hydrogen-bond donors (Lipinski definition) is 2. The molecule has 2 heteroatoms. The smallest absolute Gasteiger partial charge is 0.0375 e. The van der Waals surface area contributed by atoms with Crippen LogP contribution in [-0.2, 0) is 0 Å². The molecule has 1 unspecified atom stereocenters. The Kier molecular flexibility index (Phi) is 6.06. The number of hydrogen-bond acceptors (Lipinski definition) is 2. The molecule has 1 aromatic rings. The van der Waals surface area contributed by atoms with Crippen LogP contribution in [0.2, 0.25) is 0 Å².